The van der Waals surface area contributed by atoms with E-state index < -0.39 is 0 Å². The van der Waals surface area contributed by atoms with E-state index in [0.29, 0.717) is 5.92 Å². The third kappa shape index (κ3) is 4.19. The summed E-state index contributed by atoms with van der Waals surface area (Å²) in [6.07, 6.45) is 2.87. The normalized spacial score (nSPS) is 12.8. The van der Waals surface area contributed by atoms with Crippen LogP contribution in [0.3, 0.4) is 0 Å². The Morgan fingerprint density at radius 3 is 2.56 bits per heavy atom. The van der Waals surface area contributed by atoms with Crippen molar-refractivity contribution in [2.24, 2.45) is 5.92 Å². The van der Waals surface area contributed by atoms with E-state index in [2.05, 4.69) is 31.1 Å². The van der Waals surface area contributed by atoms with Crippen LogP contribution in [0.15, 0.2) is 18.3 Å². The maximum atomic E-state index is 5.60. The second-order valence-corrected chi connectivity index (χ2v) is 4.46. The van der Waals surface area contributed by atoms with Gasteiger partial charge in [0.15, 0.2) is 0 Å². The van der Waals surface area contributed by atoms with E-state index in [1.54, 1.807) is 6.20 Å². The Morgan fingerprint density at radius 1 is 1.31 bits per heavy atom. The molecule has 1 atom stereocenters. The predicted molar refractivity (Wildman–Crippen MR) is 66.7 cm³/mol. The molecule has 0 aliphatic rings. The molecule has 1 unspecified atom stereocenters. The molecule has 16 heavy (non-hydrogen) atoms. The number of ether oxygens (including phenoxy) is 1. The van der Waals surface area contributed by atoms with Crippen molar-refractivity contribution in [1.29, 1.82) is 0 Å². The fraction of sp³-hybridized carbons (Fsp3) is 0.615. The van der Waals surface area contributed by atoms with Gasteiger partial charge in [-0.3, -0.25) is 4.98 Å². The summed E-state index contributed by atoms with van der Waals surface area (Å²) in [5, 5.41) is 3.16. The topological polar surface area (TPSA) is 34.1 Å². The Bertz CT molecular complexity index is 295. The summed E-state index contributed by atoms with van der Waals surface area (Å²) < 4.78 is 5.60. The van der Waals surface area contributed by atoms with E-state index in [4.69, 9.17) is 4.74 Å². The SMILES string of the molecule is CNC(C)c1ccc(OCCC(C)C)cn1. The molecule has 0 aliphatic carbocycles. The Morgan fingerprint density at radius 2 is 2.06 bits per heavy atom. The van der Waals surface area contributed by atoms with Crippen LogP contribution in [0.4, 0.5) is 0 Å². The van der Waals surface area contributed by atoms with Crippen molar-refractivity contribution in [3.8, 4) is 5.75 Å². The lowest BCUT2D eigenvalue weighted by molar-refractivity contribution is 0.288. The highest BCUT2D eigenvalue weighted by atomic mass is 16.5. The van der Waals surface area contributed by atoms with Gasteiger partial charge in [0.2, 0.25) is 0 Å². The van der Waals surface area contributed by atoms with Crippen LogP contribution in [0.5, 0.6) is 5.75 Å². The monoisotopic (exact) mass is 222 g/mol. The highest BCUT2D eigenvalue weighted by Gasteiger charge is 2.03. The van der Waals surface area contributed by atoms with Crippen LogP contribution in [0.25, 0.3) is 0 Å². The van der Waals surface area contributed by atoms with Gasteiger partial charge in [0.25, 0.3) is 0 Å². The molecule has 3 nitrogen and oxygen atoms in total. The molecule has 0 spiro atoms. The van der Waals surface area contributed by atoms with Gasteiger partial charge in [-0.25, -0.2) is 0 Å². The van der Waals surface area contributed by atoms with Gasteiger partial charge < -0.3 is 10.1 Å². The minimum absolute atomic E-state index is 0.282. The van der Waals surface area contributed by atoms with Crippen LogP contribution in [-0.4, -0.2) is 18.6 Å². The molecule has 1 aromatic heterocycles. The molecule has 90 valence electrons. The molecule has 0 fully saturated rings. The van der Waals surface area contributed by atoms with Crippen molar-refractivity contribution in [2.75, 3.05) is 13.7 Å². The molecule has 0 saturated heterocycles. The van der Waals surface area contributed by atoms with Crippen molar-refractivity contribution in [1.82, 2.24) is 10.3 Å². The number of hydrogen-bond donors (Lipinski definition) is 1. The largest absolute Gasteiger partial charge is 0.492 e. The van der Waals surface area contributed by atoms with E-state index in [1.165, 1.54) is 0 Å². The first kappa shape index (κ1) is 13.0. The summed E-state index contributed by atoms with van der Waals surface area (Å²) >= 11 is 0. The van der Waals surface area contributed by atoms with Gasteiger partial charge in [0.05, 0.1) is 18.5 Å². The lowest BCUT2D eigenvalue weighted by Gasteiger charge is -2.11. The van der Waals surface area contributed by atoms with Gasteiger partial charge in [-0.05, 0) is 38.4 Å². The zero-order chi connectivity index (χ0) is 12.0. The molecule has 1 rings (SSSR count). The second kappa shape index (κ2) is 6.48. The minimum atomic E-state index is 0.282. The zero-order valence-electron chi connectivity index (χ0n) is 10.7. The van der Waals surface area contributed by atoms with E-state index in [-0.39, 0.29) is 6.04 Å². The van der Waals surface area contributed by atoms with E-state index in [0.717, 1.165) is 24.5 Å². The van der Waals surface area contributed by atoms with Gasteiger partial charge in [-0.15, -0.1) is 0 Å². The number of aromatic nitrogens is 1. The summed E-state index contributed by atoms with van der Waals surface area (Å²) in [5.74, 6) is 1.53. The van der Waals surface area contributed by atoms with Crippen LogP contribution < -0.4 is 10.1 Å². The molecule has 1 heterocycles. The molecule has 1 aromatic rings. The van der Waals surface area contributed by atoms with Crippen molar-refractivity contribution in [3.05, 3.63) is 24.0 Å². The molecule has 3 heteroatoms. The number of hydrogen-bond acceptors (Lipinski definition) is 3. The van der Waals surface area contributed by atoms with Gasteiger partial charge in [-0.1, -0.05) is 13.8 Å². The van der Waals surface area contributed by atoms with Crippen molar-refractivity contribution >= 4 is 0 Å². The lowest BCUT2D eigenvalue weighted by atomic mass is 10.1. The molecular formula is C13H22N2O. The first-order valence-corrected chi connectivity index (χ1v) is 5.89. The maximum absolute atomic E-state index is 5.60. The fourth-order valence-corrected chi connectivity index (χ4v) is 1.29. The fourth-order valence-electron chi connectivity index (χ4n) is 1.29. The predicted octanol–water partition coefficient (Wildman–Crippen LogP) is 2.79. The Hall–Kier alpha value is -1.09. The average Bonchev–Trinajstić information content (AvgIpc) is 2.28. The standard InChI is InChI=1S/C13H22N2O/c1-10(2)7-8-16-12-5-6-13(15-9-12)11(3)14-4/h5-6,9-11,14H,7-8H2,1-4H3. The van der Waals surface area contributed by atoms with Crippen molar-refractivity contribution < 1.29 is 4.74 Å². The summed E-state index contributed by atoms with van der Waals surface area (Å²) in [7, 11) is 1.93. The molecule has 0 radical (unpaired) electrons. The molecule has 0 bridgehead atoms. The van der Waals surface area contributed by atoms with Crippen LogP contribution in [0.1, 0.15) is 38.9 Å². The quantitative estimate of drug-likeness (QED) is 0.803. The molecular weight excluding hydrogens is 200 g/mol. The van der Waals surface area contributed by atoms with Crippen molar-refractivity contribution in [3.63, 3.8) is 0 Å². The number of rotatable bonds is 6. The molecule has 1 N–H and O–H groups in total. The Labute approximate surface area is 98.2 Å². The van der Waals surface area contributed by atoms with Gasteiger partial charge >= 0.3 is 0 Å². The highest BCUT2D eigenvalue weighted by Crippen LogP contribution is 2.14. The first-order valence-electron chi connectivity index (χ1n) is 5.89. The van der Waals surface area contributed by atoms with Crippen molar-refractivity contribution in [2.45, 2.75) is 33.2 Å². The first-order chi connectivity index (χ1) is 7.63. The molecule has 0 aliphatic heterocycles. The Kier molecular flexibility index (Phi) is 5.26. The third-order valence-electron chi connectivity index (χ3n) is 2.60. The van der Waals surface area contributed by atoms with Gasteiger partial charge in [0.1, 0.15) is 5.75 Å². The average molecular weight is 222 g/mol. The van der Waals surface area contributed by atoms with Crippen LogP contribution in [0, 0.1) is 5.92 Å². The summed E-state index contributed by atoms with van der Waals surface area (Å²) in [6.45, 7) is 7.24. The smallest absolute Gasteiger partial charge is 0.137 e. The molecule has 0 saturated carbocycles. The highest BCUT2D eigenvalue weighted by molar-refractivity contribution is 5.21. The van der Waals surface area contributed by atoms with E-state index >= 15 is 0 Å². The minimum Gasteiger partial charge on any atom is -0.492 e. The molecule has 0 aromatic carbocycles. The van der Waals surface area contributed by atoms with Gasteiger partial charge in [-0.2, -0.15) is 0 Å². The second-order valence-electron chi connectivity index (χ2n) is 4.46. The summed E-state index contributed by atoms with van der Waals surface area (Å²) in [4.78, 5) is 4.36. The number of nitrogens with zero attached hydrogens (tertiary/aromatic N) is 1. The number of pyridine rings is 1. The van der Waals surface area contributed by atoms with Crippen LogP contribution in [0.2, 0.25) is 0 Å². The Balaban J connectivity index is 2.45. The lowest BCUT2D eigenvalue weighted by Crippen LogP contribution is -2.13. The summed E-state index contributed by atoms with van der Waals surface area (Å²) in [6, 6.07) is 4.27. The van der Waals surface area contributed by atoms with E-state index in [9.17, 15) is 0 Å². The summed E-state index contributed by atoms with van der Waals surface area (Å²) in [5.41, 5.74) is 1.04. The van der Waals surface area contributed by atoms with Gasteiger partial charge in [0, 0.05) is 6.04 Å². The maximum Gasteiger partial charge on any atom is 0.137 e. The number of nitrogens with one attached hydrogen (secondary N) is 1. The van der Waals surface area contributed by atoms with E-state index in [1.807, 2.05) is 19.2 Å². The zero-order valence-corrected chi connectivity index (χ0v) is 10.7. The van der Waals surface area contributed by atoms with Crippen LogP contribution in [-0.2, 0) is 0 Å². The molecule has 0 amide bonds. The van der Waals surface area contributed by atoms with Crippen LogP contribution >= 0.6 is 0 Å². The third-order valence-corrected chi connectivity index (χ3v) is 2.60.